The lowest BCUT2D eigenvalue weighted by Gasteiger charge is -1.95. The Morgan fingerprint density at radius 2 is 1.40 bits per heavy atom. The first-order chi connectivity index (χ1) is 4.52. The van der Waals surface area contributed by atoms with Crippen molar-refractivity contribution in [2.24, 2.45) is 0 Å². The van der Waals surface area contributed by atoms with Crippen LogP contribution in [0.2, 0.25) is 0 Å². The maximum Gasteiger partial charge on any atom is 0.142 e. The molecule has 0 aromatic rings. The second kappa shape index (κ2) is 4.85. The number of ketones is 1. The molecule has 0 amide bonds. The number of Topliss-reactive ketones (excluding diaryl/α,β-unsaturated/α-hetero) is 1. The summed E-state index contributed by atoms with van der Waals surface area (Å²) >= 11 is 6.21. The number of allylic oxidation sites excluding steroid dienone is 2. The Labute approximate surface area is 77.4 Å². The van der Waals surface area contributed by atoms with Gasteiger partial charge in [-0.2, -0.15) is 0 Å². The Kier molecular flexibility index (Phi) is 4.91. The maximum atomic E-state index is 10.9. The van der Waals surface area contributed by atoms with Gasteiger partial charge in [0.2, 0.25) is 0 Å². The van der Waals surface area contributed by atoms with Crippen molar-refractivity contribution < 1.29 is 4.79 Å². The summed E-state index contributed by atoms with van der Waals surface area (Å²) in [6.07, 6.45) is 0.759. The molecule has 0 N–H and O–H groups in total. The van der Waals surface area contributed by atoms with E-state index >= 15 is 0 Å². The number of hydrogen-bond donors (Lipinski definition) is 0. The molecule has 0 aliphatic heterocycles. The van der Waals surface area contributed by atoms with E-state index in [0.29, 0.717) is 21.8 Å². The Bertz CT molecular complexity index is 154. The lowest BCUT2D eigenvalue weighted by molar-refractivity contribution is -0.117. The number of carbonyl (C=O) groups excluding carboxylic acids is 1. The highest BCUT2D eigenvalue weighted by atomic mass is 79.9. The van der Waals surface area contributed by atoms with Crippen molar-refractivity contribution in [3.63, 3.8) is 0 Å². The van der Waals surface area contributed by atoms with E-state index in [1.165, 1.54) is 0 Å². The third-order valence-electron chi connectivity index (χ3n) is 0.778. The zero-order chi connectivity index (χ0) is 8.15. The minimum absolute atomic E-state index is 0.115. The second-order valence-corrected chi connectivity index (χ2v) is 4.17. The van der Waals surface area contributed by atoms with Crippen LogP contribution in [0.4, 0.5) is 0 Å². The van der Waals surface area contributed by atoms with Crippen LogP contribution in [-0.2, 0) is 4.79 Å². The molecule has 0 aliphatic carbocycles. The highest BCUT2D eigenvalue weighted by molar-refractivity contribution is 9.12. The molecule has 0 unspecified atom stereocenters. The fraction of sp³-hybridized carbons (Fsp3) is 0.286. The Hall–Kier alpha value is 0.110. The van der Waals surface area contributed by atoms with Crippen LogP contribution in [0.3, 0.4) is 0 Å². The zero-order valence-electron chi connectivity index (χ0n) is 5.49. The summed E-state index contributed by atoms with van der Waals surface area (Å²) in [6, 6.07) is 0. The SMILES string of the molecule is C=C(Br)CC(=O)CC(=C)Br. The van der Waals surface area contributed by atoms with Crippen molar-refractivity contribution in [3.8, 4) is 0 Å². The largest absolute Gasteiger partial charge is 0.299 e. The first-order valence-corrected chi connectivity index (χ1v) is 4.29. The Morgan fingerprint density at radius 1 is 1.10 bits per heavy atom. The van der Waals surface area contributed by atoms with Crippen molar-refractivity contribution in [2.75, 3.05) is 0 Å². The van der Waals surface area contributed by atoms with Crippen LogP contribution in [0.1, 0.15) is 12.8 Å². The van der Waals surface area contributed by atoms with Crippen molar-refractivity contribution in [1.29, 1.82) is 0 Å². The number of halogens is 2. The fourth-order valence-electron chi connectivity index (χ4n) is 0.490. The van der Waals surface area contributed by atoms with E-state index in [-0.39, 0.29) is 5.78 Å². The molecule has 0 saturated heterocycles. The molecule has 10 heavy (non-hydrogen) atoms. The Balaban J connectivity index is 3.65. The zero-order valence-corrected chi connectivity index (χ0v) is 8.66. The highest BCUT2D eigenvalue weighted by Gasteiger charge is 2.02. The molecule has 0 bridgehead atoms. The molecule has 3 heteroatoms. The summed E-state index contributed by atoms with van der Waals surface area (Å²) < 4.78 is 1.43. The van der Waals surface area contributed by atoms with Gasteiger partial charge in [0.1, 0.15) is 5.78 Å². The third kappa shape index (κ3) is 6.23. The van der Waals surface area contributed by atoms with E-state index in [0.717, 1.165) is 0 Å². The van der Waals surface area contributed by atoms with Gasteiger partial charge in [-0.3, -0.25) is 4.79 Å². The van der Waals surface area contributed by atoms with Crippen LogP contribution in [0.25, 0.3) is 0 Å². The maximum absolute atomic E-state index is 10.9. The van der Waals surface area contributed by atoms with Crippen molar-refractivity contribution in [3.05, 3.63) is 22.1 Å². The minimum atomic E-state index is 0.115. The summed E-state index contributed by atoms with van der Waals surface area (Å²) in [5, 5.41) is 0. The van der Waals surface area contributed by atoms with E-state index in [9.17, 15) is 4.79 Å². The fourth-order valence-corrected chi connectivity index (χ4v) is 1.12. The molecule has 0 saturated carbocycles. The average molecular weight is 268 g/mol. The van der Waals surface area contributed by atoms with E-state index in [1.807, 2.05) is 0 Å². The van der Waals surface area contributed by atoms with Crippen LogP contribution in [-0.4, -0.2) is 5.78 Å². The van der Waals surface area contributed by atoms with E-state index in [2.05, 4.69) is 45.0 Å². The predicted molar refractivity (Wildman–Crippen MR) is 50.4 cm³/mol. The predicted octanol–water partition coefficient (Wildman–Crippen LogP) is 3.15. The van der Waals surface area contributed by atoms with Gasteiger partial charge in [-0.25, -0.2) is 0 Å². The van der Waals surface area contributed by atoms with Gasteiger partial charge in [0, 0.05) is 12.8 Å². The molecule has 56 valence electrons. The second-order valence-electron chi connectivity index (χ2n) is 1.93. The van der Waals surface area contributed by atoms with E-state index in [4.69, 9.17) is 0 Å². The molecular weight excluding hydrogens is 260 g/mol. The first-order valence-electron chi connectivity index (χ1n) is 2.70. The Morgan fingerprint density at radius 3 is 1.60 bits per heavy atom. The topological polar surface area (TPSA) is 17.1 Å². The quantitative estimate of drug-likeness (QED) is 0.765. The summed E-state index contributed by atoms with van der Waals surface area (Å²) in [4.78, 5) is 10.9. The monoisotopic (exact) mass is 266 g/mol. The smallest absolute Gasteiger partial charge is 0.142 e. The molecule has 0 fully saturated rings. The lowest BCUT2D eigenvalue weighted by atomic mass is 10.2. The normalized spacial score (nSPS) is 9.00. The van der Waals surface area contributed by atoms with Crippen LogP contribution < -0.4 is 0 Å². The standard InChI is InChI=1S/C7H8Br2O/c1-5(8)3-7(10)4-6(2)9/h1-4H2. The summed E-state index contributed by atoms with van der Waals surface area (Å²) in [5.41, 5.74) is 0. The van der Waals surface area contributed by atoms with Gasteiger partial charge in [0.25, 0.3) is 0 Å². The number of rotatable bonds is 4. The summed E-state index contributed by atoms with van der Waals surface area (Å²) in [5.74, 6) is 0.115. The first kappa shape index (κ1) is 10.1. The van der Waals surface area contributed by atoms with Crippen molar-refractivity contribution in [1.82, 2.24) is 0 Å². The molecule has 0 aromatic heterocycles. The molecule has 0 aliphatic rings. The van der Waals surface area contributed by atoms with Crippen LogP contribution in [0, 0.1) is 0 Å². The molecule has 0 heterocycles. The van der Waals surface area contributed by atoms with Gasteiger partial charge in [0.05, 0.1) is 0 Å². The van der Waals surface area contributed by atoms with Crippen LogP contribution in [0.15, 0.2) is 22.1 Å². The van der Waals surface area contributed by atoms with Gasteiger partial charge < -0.3 is 0 Å². The average Bonchev–Trinajstić information content (AvgIpc) is 1.58. The molecule has 0 atom stereocenters. The minimum Gasteiger partial charge on any atom is -0.299 e. The summed E-state index contributed by atoms with van der Waals surface area (Å²) in [7, 11) is 0. The van der Waals surface area contributed by atoms with Gasteiger partial charge in [-0.05, 0) is 8.96 Å². The number of carbonyl (C=O) groups is 1. The van der Waals surface area contributed by atoms with Gasteiger partial charge in [-0.1, -0.05) is 45.0 Å². The summed E-state index contributed by atoms with van der Waals surface area (Å²) in [6.45, 7) is 7.11. The number of hydrogen-bond acceptors (Lipinski definition) is 1. The van der Waals surface area contributed by atoms with Crippen LogP contribution in [0.5, 0.6) is 0 Å². The third-order valence-corrected chi connectivity index (χ3v) is 1.34. The van der Waals surface area contributed by atoms with E-state index in [1.54, 1.807) is 0 Å². The molecule has 0 radical (unpaired) electrons. The molecule has 1 nitrogen and oxygen atoms in total. The van der Waals surface area contributed by atoms with E-state index < -0.39 is 0 Å². The molecule has 0 aromatic carbocycles. The molecule has 0 rings (SSSR count). The van der Waals surface area contributed by atoms with Gasteiger partial charge >= 0.3 is 0 Å². The molecule has 0 spiro atoms. The van der Waals surface area contributed by atoms with Gasteiger partial charge in [-0.15, -0.1) is 0 Å². The molecular formula is C7H8Br2O. The van der Waals surface area contributed by atoms with Gasteiger partial charge in [0.15, 0.2) is 0 Å². The highest BCUT2D eigenvalue weighted by Crippen LogP contribution is 2.13. The van der Waals surface area contributed by atoms with Crippen molar-refractivity contribution in [2.45, 2.75) is 12.8 Å². The van der Waals surface area contributed by atoms with Crippen LogP contribution >= 0.6 is 31.9 Å². The van der Waals surface area contributed by atoms with Crippen molar-refractivity contribution >= 4 is 37.6 Å². The lowest BCUT2D eigenvalue weighted by Crippen LogP contribution is -1.95.